The fourth-order valence-corrected chi connectivity index (χ4v) is 3.16. The van der Waals surface area contributed by atoms with Crippen LogP contribution in [0, 0.1) is 0 Å². The summed E-state index contributed by atoms with van der Waals surface area (Å²) in [5.74, 6) is 0.0157. The molecule has 0 aliphatic heterocycles. The highest BCUT2D eigenvalue weighted by Gasteiger charge is 2.34. The topological polar surface area (TPSA) is 32.3 Å². The normalized spacial score (nSPS) is 15.4. The van der Waals surface area contributed by atoms with Gasteiger partial charge < -0.3 is 5.32 Å². The van der Waals surface area contributed by atoms with Crippen molar-refractivity contribution < 1.29 is 4.79 Å². The standard InChI is InChI=1S/C19H21ClN2O/c1-14(17-9-5-6-10-18(17)20)22(16-11-12-16)13-19(23)21-15-7-3-2-4-8-15/h2-10,14,16H,11-13H2,1H3,(H,21,23). The number of anilines is 1. The maximum absolute atomic E-state index is 12.4. The number of nitrogens with one attached hydrogen (secondary N) is 1. The summed E-state index contributed by atoms with van der Waals surface area (Å²) in [7, 11) is 0. The molecule has 3 nitrogen and oxygen atoms in total. The van der Waals surface area contributed by atoms with Crippen molar-refractivity contribution >= 4 is 23.2 Å². The molecule has 1 fully saturated rings. The predicted molar refractivity (Wildman–Crippen MR) is 94.7 cm³/mol. The Hall–Kier alpha value is -1.84. The molecular formula is C19H21ClN2O. The van der Waals surface area contributed by atoms with Crippen molar-refractivity contribution in [2.75, 3.05) is 11.9 Å². The third-order valence-electron chi connectivity index (χ3n) is 4.25. The molecule has 1 unspecified atom stereocenters. The van der Waals surface area contributed by atoms with E-state index in [0.717, 1.165) is 29.1 Å². The fraction of sp³-hybridized carbons (Fsp3) is 0.316. The van der Waals surface area contributed by atoms with Crippen LogP contribution in [0.1, 0.15) is 31.4 Å². The molecule has 2 aromatic carbocycles. The summed E-state index contributed by atoms with van der Waals surface area (Å²) in [5, 5.41) is 3.72. The van der Waals surface area contributed by atoms with Crippen LogP contribution in [0.15, 0.2) is 54.6 Å². The Morgan fingerprint density at radius 1 is 1.17 bits per heavy atom. The lowest BCUT2D eigenvalue weighted by Gasteiger charge is -2.29. The average Bonchev–Trinajstić information content (AvgIpc) is 3.38. The van der Waals surface area contributed by atoms with Crippen LogP contribution in [0.3, 0.4) is 0 Å². The number of carbonyl (C=O) groups is 1. The highest BCUT2D eigenvalue weighted by molar-refractivity contribution is 6.31. The number of carbonyl (C=O) groups excluding carboxylic acids is 1. The number of nitrogens with zero attached hydrogens (tertiary/aromatic N) is 1. The molecular weight excluding hydrogens is 308 g/mol. The van der Waals surface area contributed by atoms with Gasteiger partial charge in [0, 0.05) is 22.8 Å². The predicted octanol–water partition coefficient (Wildman–Crippen LogP) is 4.50. The number of para-hydroxylation sites is 1. The summed E-state index contributed by atoms with van der Waals surface area (Å²) in [5.41, 5.74) is 1.91. The number of hydrogen-bond acceptors (Lipinski definition) is 2. The van der Waals surface area contributed by atoms with Gasteiger partial charge in [-0.1, -0.05) is 48.0 Å². The van der Waals surface area contributed by atoms with E-state index in [2.05, 4.69) is 17.1 Å². The van der Waals surface area contributed by atoms with Gasteiger partial charge in [-0.25, -0.2) is 0 Å². The zero-order valence-electron chi connectivity index (χ0n) is 13.2. The second-order valence-corrected chi connectivity index (χ2v) is 6.42. The van der Waals surface area contributed by atoms with Crippen molar-refractivity contribution in [3.8, 4) is 0 Å². The van der Waals surface area contributed by atoms with Crippen molar-refractivity contribution in [2.45, 2.75) is 31.8 Å². The van der Waals surface area contributed by atoms with Gasteiger partial charge in [0.2, 0.25) is 5.91 Å². The third kappa shape index (κ3) is 4.12. The first-order chi connectivity index (χ1) is 11.1. The highest BCUT2D eigenvalue weighted by atomic mass is 35.5. The number of benzene rings is 2. The van der Waals surface area contributed by atoms with Crippen LogP contribution in [0.2, 0.25) is 5.02 Å². The molecule has 0 spiro atoms. The molecule has 3 rings (SSSR count). The molecule has 0 saturated heterocycles. The lowest BCUT2D eigenvalue weighted by atomic mass is 10.1. The summed E-state index contributed by atoms with van der Waals surface area (Å²) in [6, 6.07) is 18.0. The second-order valence-electron chi connectivity index (χ2n) is 6.02. The monoisotopic (exact) mass is 328 g/mol. The van der Waals surface area contributed by atoms with E-state index in [0.29, 0.717) is 12.6 Å². The van der Waals surface area contributed by atoms with Crippen molar-refractivity contribution in [1.82, 2.24) is 4.90 Å². The van der Waals surface area contributed by atoms with Gasteiger partial charge in [0.1, 0.15) is 0 Å². The summed E-state index contributed by atoms with van der Waals surface area (Å²) in [6.45, 7) is 2.50. The highest BCUT2D eigenvalue weighted by Crippen LogP contribution is 2.36. The van der Waals surface area contributed by atoms with E-state index < -0.39 is 0 Å². The number of rotatable bonds is 6. The van der Waals surface area contributed by atoms with Gasteiger partial charge in [0.05, 0.1) is 6.54 Å². The minimum absolute atomic E-state index is 0.0157. The lowest BCUT2D eigenvalue weighted by molar-refractivity contribution is -0.118. The Labute approximate surface area is 142 Å². The largest absolute Gasteiger partial charge is 0.325 e. The van der Waals surface area contributed by atoms with E-state index in [9.17, 15) is 4.79 Å². The molecule has 23 heavy (non-hydrogen) atoms. The van der Waals surface area contributed by atoms with E-state index in [1.807, 2.05) is 54.6 Å². The smallest absolute Gasteiger partial charge is 0.238 e. The third-order valence-corrected chi connectivity index (χ3v) is 4.60. The van der Waals surface area contributed by atoms with Crippen LogP contribution in [0.5, 0.6) is 0 Å². The molecule has 0 radical (unpaired) electrons. The van der Waals surface area contributed by atoms with E-state index in [4.69, 9.17) is 11.6 Å². The molecule has 0 bridgehead atoms. The van der Waals surface area contributed by atoms with Gasteiger partial charge in [-0.2, -0.15) is 0 Å². The first-order valence-corrected chi connectivity index (χ1v) is 8.38. The van der Waals surface area contributed by atoms with Gasteiger partial charge in [-0.05, 0) is 43.5 Å². The summed E-state index contributed by atoms with van der Waals surface area (Å²) < 4.78 is 0. The Bertz CT molecular complexity index is 670. The van der Waals surface area contributed by atoms with Crippen LogP contribution < -0.4 is 5.32 Å². The van der Waals surface area contributed by atoms with Crippen LogP contribution in [-0.2, 0) is 4.79 Å². The zero-order valence-corrected chi connectivity index (χ0v) is 14.0. The second kappa shape index (κ2) is 7.16. The molecule has 1 aliphatic carbocycles. The molecule has 2 aromatic rings. The molecule has 1 amide bonds. The number of amides is 1. The van der Waals surface area contributed by atoms with Gasteiger partial charge in [0.15, 0.2) is 0 Å². The molecule has 1 atom stereocenters. The van der Waals surface area contributed by atoms with Crippen LogP contribution in [-0.4, -0.2) is 23.4 Å². The van der Waals surface area contributed by atoms with Crippen LogP contribution in [0.25, 0.3) is 0 Å². The van der Waals surface area contributed by atoms with Gasteiger partial charge in [0.25, 0.3) is 0 Å². The minimum Gasteiger partial charge on any atom is -0.325 e. The average molecular weight is 329 g/mol. The minimum atomic E-state index is 0.0157. The maximum atomic E-state index is 12.4. The van der Waals surface area contributed by atoms with E-state index >= 15 is 0 Å². The summed E-state index contributed by atoms with van der Waals surface area (Å²) >= 11 is 6.33. The molecule has 1 aliphatic rings. The molecule has 4 heteroatoms. The van der Waals surface area contributed by atoms with E-state index in [-0.39, 0.29) is 11.9 Å². The van der Waals surface area contributed by atoms with Gasteiger partial charge >= 0.3 is 0 Å². The van der Waals surface area contributed by atoms with Gasteiger partial charge in [-0.3, -0.25) is 9.69 Å². The molecule has 120 valence electrons. The fourth-order valence-electron chi connectivity index (χ4n) is 2.87. The van der Waals surface area contributed by atoms with Crippen molar-refractivity contribution in [2.24, 2.45) is 0 Å². The Morgan fingerprint density at radius 3 is 2.48 bits per heavy atom. The molecule has 0 heterocycles. The first-order valence-electron chi connectivity index (χ1n) is 8.00. The Morgan fingerprint density at radius 2 is 1.83 bits per heavy atom. The Balaban J connectivity index is 1.70. The maximum Gasteiger partial charge on any atom is 0.238 e. The van der Waals surface area contributed by atoms with Gasteiger partial charge in [-0.15, -0.1) is 0 Å². The van der Waals surface area contributed by atoms with Crippen LogP contribution in [0.4, 0.5) is 5.69 Å². The summed E-state index contributed by atoms with van der Waals surface area (Å²) in [4.78, 5) is 14.6. The Kier molecular flexibility index (Phi) is 4.99. The van der Waals surface area contributed by atoms with E-state index in [1.165, 1.54) is 0 Å². The van der Waals surface area contributed by atoms with E-state index in [1.54, 1.807) is 0 Å². The number of hydrogen-bond donors (Lipinski definition) is 1. The van der Waals surface area contributed by atoms with Crippen molar-refractivity contribution in [3.05, 3.63) is 65.2 Å². The number of halogens is 1. The van der Waals surface area contributed by atoms with Crippen molar-refractivity contribution in [3.63, 3.8) is 0 Å². The molecule has 1 saturated carbocycles. The molecule has 0 aromatic heterocycles. The SMILES string of the molecule is CC(c1ccccc1Cl)N(CC(=O)Nc1ccccc1)C1CC1. The first kappa shape index (κ1) is 16.0. The van der Waals surface area contributed by atoms with Crippen molar-refractivity contribution in [1.29, 1.82) is 0 Å². The zero-order chi connectivity index (χ0) is 16.2. The summed E-state index contributed by atoms with van der Waals surface area (Å²) in [6.07, 6.45) is 2.29. The molecule has 1 N–H and O–H groups in total. The quantitative estimate of drug-likeness (QED) is 0.846. The van der Waals surface area contributed by atoms with Crippen LogP contribution >= 0.6 is 11.6 Å². The lowest BCUT2D eigenvalue weighted by Crippen LogP contribution is -2.37.